The second-order valence-electron chi connectivity index (χ2n) is 12.4. The van der Waals surface area contributed by atoms with Crippen LogP contribution in [0.5, 0.6) is 5.75 Å². The normalized spacial score (nSPS) is 18.6. The van der Waals surface area contributed by atoms with Gasteiger partial charge in [-0.2, -0.15) is 0 Å². The second kappa shape index (κ2) is 19.5. The Morgan fingerprint density at radius 1 is 0.922 bits per heavy atom. The second-order valence-corrected chi connectivity index (χ2v) is 13.5. The van der Waals surface area contributed by atoms with Crippen molar-refractivity contribution in [2.24, 2.45) is 11.7 Å². The van der Waals surface area contributed by atoms with Crippen LogP contribution in [0.25, 0.3) is 0 Å². The highest BCUT2D eigenvalue weighted by Crippen LogP contribution is 2.37. The van der Waals surface area contributed by atoms with Crippen molar-refractivity contribution in [2.45, 2.75) is 102 Å². The summed E-state index contributed by atoms with van der Waals surface area (Å²) in [6.07, 6.45) is -0.270. The number of nitrogens with two attached hydrogens (primary N) is 1. The lowest BCUT2D eigenvalue weighted by Gasteiger charge is -2.30. The lowest BCUT2D eigenvalue weighted by molar-refractivity contribution is -0.143. The molecule has 1 heterocycles. The standard InChI is InChI=1S/C31H49N6O13P/c1-5-16(3)25(29(43)33-20(6-2)26(40)35-22(15-38)31(45)46)36-27(41)21(14-18-9-11-19(12-10-18)50-51(47,48)49)34-28(42)23-8-7-13-37(23)30(44)24(32)17(4)39/h9-12,16-17,20-25,38-39H,5-8,13-15,32H2,1-4H3,(H,33,43)(H,34,42)(H,35,40)(H,36,41)(H,45,46)(H2,47,48,49)/t16-,17+,20-,21-,22-,23-,24-,25-/m0/s1. The number of carboxylic acids is 1. The Labute approximate surface area is 294 Å². The van der Waals surface area contributed by atoms with Crippen LogP contribution >= 0.6 is 7.82 Å². The summed E-state index contributed by atoms with van der Waals surface area (Å²) in [5, 5.41) is 38.2. The minimum absolute atomic E-state index is 0.0340. The quantitative estimate of drug-likeness (QED) is 0.0677. The van der Waals surface area contributed by atoms with E-state index in [0.29, 0.717) is 18.4 Å². The van der Waals surface area contributed by atoms with Crippen LogP contribution in [-0.4, -0.2) is 121 Å². The number of phosphoric ester groups is 1. The predicted molar refractivity (Wildman–Crippen MR) is 179 cm³/mol. The van der Waals surface area contributed by atoms with Gasteiger partial charge in [-0.1, -0.05) is 39.3 Å². The summed E-state index contributed by atoms with van der Waals surface area (Å²) in [7, 11) is -4.85. The molecule has 0 radical (unpaired) electrons. The van der Waals surface area contributed by atoms with Gasteiger partial charge in [-0.05, 0) is 49.8 Å². The van der Waals surface area contributed by atoms with Crippen molar-refractivity contribution in [3.05, 3.63) is 29.8 Å². The van der Waals surface area contributed by atoms with E-state index in [2.05, 4.69) is 25.8 Å². The van der Waals surface area contributed by atoms with Gasteiger partial charge in [-0.3, -0.25) is 33.8 Å². The van der Waals surface area contributed by atoms with E-state index in [0.717, 1.165) is 0 Å². The van der Waals surface area contributed by atoms with Crippen LogP contribution in [-0.2, 0) is 39.8 Å². The Morgan fingerprint density at radius 2 is 1.51 bits per heavy atom. The van der Waals surface area contributed by atoms with Crippen molar-refractivity contribution in [1.29, 1.82) is 0 Å². The van der Waals surface area contributed by atoms with Crippen LogP contribution in [0.2, 0.25) is 0 Å². The summed E-state index contributed by atoms with van der Waals surface area (Å²) >= 11 is 0. The van der Waals surface area contributed by atoms with Crippen LogP contribution < -0.4 is 31.5 Å². The number of hydrogen-bond acceptors (Lipinski definition) is 11. The maximum absolute atomic E-state index is 13.9. The molecule has 2 rings (SSSR count). The molecule has 51 heavy (non-hydrogen) atoms. The van der Waals surface area contributed by atoms with Gasteiger partial charge in [-0.15, -0.1) is 0 Å². The third-order valence-electron chi connectivity index (χ3n) is 8.50. The summed E-state index contributed by atoms with van der Waals surface area (Å²) in [4.78, 5) is 97.5. The van der Waals surface area contributed by atoms with E-state index in [4.69, 9.17) is 15.5 Å². The van der Waals surface area contributed by atoms with E-state index in [9.17, 15) is 48.7 Å². The number of nitrogens with zero attached hydrogens (tertiary/aromatic N) is 1. The van der Waals surface area contributed by atoms with Crippen LogP contribution in [0.4, 0.5) is 0 Å². The number of carboxylic acid groups (broad SMARTS) is 1. The average Bonchev–Trinajstić information content (AvgIpc) is 3.57. The molecule has 1 aromatic carbocycles. The minimum atomic E-state index is -4.85. The van der Waals surface area contributed by atoms with Crippen molar-refractivity contribution in [3.8, 4) is 5.75 Å². The van der Waals surface area contributed by atoms with E-state index < -0.39 is 98.2 Å². The summed E-state index contributed by atoms with van der Waals surface area (Å²) in [5.41, 5.74) is 6.25. The number of carbonyl (C=O) groups is 6. The van der Waals surface area contributed by atoms with Gasteiger partial charge in [0.25, 0.3) is 0 Å². The van der Waals surface area contributed by atoms with E-state index >= 15 is 0 Å². The number of benzene rings is 1. The molecule has 0 spiro atoms. The Kier molecular flexibility index (Phi) is 16.4. The Morgan fingerprint density at radius 3 is 2.02 bits per heavy atom. The largest absolute Gasteiger partial charge is 0.524 e. The minimum Gasteiger partial charge on any atom is -0.480 e. The molecular weight excluding hydrogens is 695 g/mol. The van der Waals surface area contributed by atoms with Crippen LogP contribution in [0.3, 0.4) is 0 Å². The van der Waals surface area contributed by atoms with Gasteiger partial charge in [0.15, 0.2) is 0 Å². The average molecular weight is 745 g/mol. The molecule has 1 aromatic rings. The fourth-order valence-electron chi connectivity index (χ4n) is 5.27. The molecule has 0 aromatic heterocycles. The topological polar surface area (TPSA) is 307 Å². The zero-order valence-corrected chi connectivity index (χ0v) is 29.7. The van der Waals surface area contributed by atoms with Gasteiger partial charge in [0.2, 0.25) is 29.5 Å². The smallest absolute Gasteiger partial charge is 0.480 e. The molecule has 19 nitrogen and oxygen atoms in total. The molecule has 1 aliphatic heterocycles. The fraction of sp³-hybridized carbons (Fsp3) is 0.613. The third-order valence-corrected chi connectivity index (χ3v) is 8.94. The molecule has 0 bridgehead atoms. The third kappa shape index (κ3) is 12.9. The van der Waals surface area contributed by atoms with E-state index in [1.54, 1.807) is 20.8 Å². The van der Waals surface area contributed by atoms with Crippen molar-refractivity contribution in [3.63, 3.8) is 0 Å². The number of aliphatic carboxylic acids is 1. The SMILES string of the molecule is CC[C@H](NC(=O)[C@@H](NC(=O)[C@H](Cc1ccc(OP(=O)(O)O)cc1)NC(=O)[C@@H]1CCCN1C(=O)[C@@H](N)[C@@H](C)O)[C@@H](C)CC)C(=O)N[C@@H](CO)C(=O)O. The lowest BCUT2D eigenvalue weighted by Crippen LogP contribution is -2.60. The molecule has 11 N–H and O–H groups in total. The summed E-state index contributed by atoms with van der Waals surface area (Å²) in [5.74, 6) is -5.98. The van der Waals surface area contributed by atoms with Crippen molar-refractivity contribution in [2.75, 3.05) is 13.2 Å². The monoisotopic (exact) mass is 744 g/mol. The summed E-state index contributed by atoms with van der Waals surface area (Å²) in [6.45, 7) is 5.61. The highest BCUT2D eigenvalue weighted by atomic mass is 31.2. The van der Waals surface area contributed by atoms with Crippen molar-refractivity contribution < 1.29 is 63.0 Å². The van der Waals surface area contributed by atoms with Gasteiger partial charge in [0.1, 0.15) is 42.0 Å². The first-order valence-electron chi connectivity index (χ1n) is 16.5. The van der Waals surface area contributed by atoms with Gasteiger partial charge in [0.05, 0.1) is 12.7 Å². The zero-order chi connectivity index (χ0) is 38.6. The lowest BCUT2D eigenvalue weighted by atomic mass is 9.96. The molecule has 1 aliphatic rings. The van der Waals surface area contributed by atoms with E-state index in [1.165, 1.54) is 36.1 Å². The first kappa shape index (κ1) is 43.0. The molecule has 8 atom stereocenters. The van der Waals surface area contributed by atoms with E-state index in [-0.39, 0.29) is 31.6 Å². The first-order chi connectivity index (χ1) is 23.8. The van der Waals surface area contributed by atoms with Crippen LogP contribution in [0, 0.1) is 5.92 Å². The molecule has 1 fully saturated rings. The number of hydrogen-bond donors (Lipinski definition) is 10. The predicted octanol–water partition coefficient (Wildman–Crippen LogP) is -2.13. The molecule has 20 heteroatoms. The molecule has 0 aliphatic carbocycles. The Bertz CT molecular complexity index is 1440. The van der Waals surface area contributed by atoms with Crippen molar-refractivity contribution in [1.82, 2.24) is 26.2 Å². The number of likely N-dealkylation sites (tertiary alicyclic amines) is 1. The molecule has 0 unspecified atom stereocenters. The molecule has 1 saturated heterocycles. The molecule has 286 valence electrons. The maximum Gasteiger partial charge on any atom is 0.524 e. The Hall–Kier alpha value is -4.13. The maximum atomic E-state index is 13.9. The number of amides is 5. The fourth-order valence-corrected chi connectivity index (χ4v) is 5.66. The first-order valence-corrected chi connectivity index (χ1v) is 18.0. The molecule has 5 amide bonds. The number of nitrogens with one attached hydrogen (secondary N) is 4. The van der Waals surface area contributed by atoms with Gasteiger partial charge < -0.3 is 51.7 Å². The number of aliphatic hydroxyl groups excluding tert-OH is 2. The Balaban J connectivity index is 2.37. The summed E-state index contributed by atoms with van der Waals surface area (Å²) < 4.78 is 15.8. The summed E-state index contributed by atoms with van der Waals surface area (Å²) in [6, 6.07) is -2.44. The number of phosphoric acid groups is 1. The number of rotatable bonds is 19. The van der Waals surface area contributed by atoms with E-state index in [1.807, 2.05) is 0 Å². The van der Waals surface area contributed by atoms with Gasteiger partial charge in [0, 0.05) is 13.0 Å². The molecular formula is C31H49N6O13P. The van der Waals surface area contributed by atoms with Crippen molar-refractivity contribution >= 4 is 43.3 Å². The van der Waals surface area contributed by atoms with Gasteiger partial charge in [-0.25, -0.2) is 9.36 Å². The highest BCUT2D eigenvalue weighted by Gasteiger charge is 2.39. The molecule has 0 saturated carbocycles. The highest BCUT2D eigenvalue weighted by molar-refractivity contribution is 7.46. The zero-order valence-electron chi connectivity index (χ0n) is 28.9. The van der Waals surface area contributed by atoms with Crippen LogP contribution in [0.15, 0.2) is 24.3 Å². The van der Waals surface area contributed by atoms with Crippen LogP contribution in [0.1, 0.15) is 58.9 Å². The van der Waals surface area contributed by atoms with Gasteiger partial charge >= 0.3 is 13.8 Å². The number of aliphatic hydroxyl groups is 2. The number of carbonyl (C=O) groups excluding carboxylic acids is 5.